The maximum Gasteiger partial charge on any atom is 0.161 e. The highest BCUT2D eigenvalue weighted by atomic mass is 35.5. The molecular formula is C14H14ClNO. The first-order chi connectivity index (χ1) is 8.08. The lowest BCUT2D eigenvalue weighted by Crippen LogP contribution is -2.02. The van der Waals surface area contributed by atoms with Gasteiger partial charge in [0.1, 0.15) is 0 Å². The first kappa shape index (κ1) is 11.9. The molecule has 0 bridgehead atoms. The SMILES string of the molecule is CC(=O)c1ccn(Cc2cccc(Cl)c2)c1C. The standard InChI is InChI=1S/C14H14ClNO/c1-10-14(11(2)17)6-7-16(10)9-12-4-3-5-13(15)8-12/h3-8H,9H2,1-2H3. The molecule has 0 unspecified atom stereocenters. The van der Waals surface area contributed by atoms with Crippen molar-refractivity contribution in [2.45, 2.75) is 20.4 Å². The van der Waals surface area contributed by atoms with E-state index in [4.69, 9.17) is 11.6 Å². The molecule has 0 atom stereocenters. The molecule has 17 heavy (non-hydrogen) atoms. The molecule has 1 heterocycles. The highest BCUT2D eigenvalue weighted by Crippen LogP contribution is 2.15. The summed E-state index contributed by atoms with van der Waals surface area (Å²) in [4.78, 5) is 11.4. The van der Waals surface area contributed by atoms with E-state index in [9.17, 15) is 4.79 Å². The molecule has 1 aromatic heterocycles. The molecule has 0 saturated carbocycles. The summed E-state index contributed by atoms with van der Waals surface area (Å²) >= 11 is 5.94. The molecule has 2 nitrogen and oxygen atoms in total. The fraction of sp³-hybridized carbons (Fsp3) is 0.214. The van der Waals surface area contributed by atoms with Gasteiger partial charge in [0.05, 0.1) is 0 Å². The summed E-state index contributed by atoms with van der Waals surface area (Å²) in [6.45, 7) is 4.28. The van der Waals surface area contributed by atoms with Crippen LogP contribution in [0.2, 0.25) is 5.02 Å². The molecule has 2 aromatic rings. The van der Waals surface area contributed by atoms with Crippen molar-refractivity contribution in [2.24, 2.45) is 0 Å². The van der Waals surface area contributed by atoms with Crippen LogP contribution in [0, 0.1) is 6.92 Å². The Kier molecular flexibility index (Phi) is 3.34. The molecule has 0 N–H and O–H groups in total. The number of hydrogen-bond donors (Lipinski definition) is 0. The minimum absolute atomic E-state index is 0.104. The van der Waals surface area contributed by atoms with Crippen LogP contribution in [0.4, 0.5) is 0 Å². The van der Waals surface area contributed by atoms with E-state index >= 15 is 0 Å². The number of Topliss-reactive ketones (excluding diaryl/α,β-unsaturated/α-hetero) is 1. The second-order valence-electron chi connectivity index (χ2n) is 4.13. The highest BCUT2D eigenvalue weighted by molar-refractivity contribution is 6.30. The Balaban J connectivity index is 2.28. The van der Waals surface area contributed by atoms with Gasteiger partial charge in [-0.05, 0) is 37.6 Å². The van der Waals surface area contributed by atoms with Crippen molar-refractivity contribution >= 4 is 17.4 Å². The largest absolute Gasteiger partial charge is 0.347 e. The molecule has 88 valence electrons. The number of carbonyl (C=O) groups excluding carboxylic acids is 1. The third kappa shape index (κ3) is 2.59. The Hall–Kier alpha value is -1.54. The van der Waals surface area contributed by atoms with Gasteiger partial charge in [-0.2, -0.15) is 0 Å². The molecule has 3 heteroatoms. The molecule has 0 aliphatic rings. The van der Waals surface area contributed by atoms with Crippen molar-refractivity contribution in [3.63, 3.8) is 0 Å². The van der Waals surface area contributed by atoms with Gasteiger partial charge in [0.25, 0.3) is 0 Å². The predicted molar refractivity (Wildman–Crippen MR) is 69.7 cm³/mol. The van der Waals surface area contributed by atoms with E-state index in [2.05, 4.69) is 4.57 Å². The van der Waals surface area contributed by atoms with E-state index in [0.29, 0.717) is 0 Å². The van der Waals surface area contributed by atoms with Gasteiger partial charge in [0.2, 0.25) is 0 Å². The summed E-state index contributed by atoms with van der Waals surface area (Å²) in [7, 11) is 0. The Morgan fingerprint density at radius 3 is 2.71 bits per heavy atom. The maximum absolute atomic E-state index is 11.4. The van der Waals surface area contributed by atoms with Crippen LogP contribution < -0.4 is 0 Å². The lowest BCUT2D eigenvalue weighted by Gasteiger charge is -2.07. The zero-order valence-corrected chi connectivity index (χ0v) is 10.7. The van der Waals surface area contributed by atoms with Gasteiger partial charge in [-0.25, -0.2) is 0 Å². The van der Waals surface area contributed by atoms with Crippen LogP contribution >= 0.6 is 11.6 Å². The van der Waals surface area contributed by atoms with Gasteiger partial charge in [0.15, 0.2) is 5.78 Å². The van der Waals surface area contributed by atoms with Crippen LogP contribution in [0.1, 0.15) is 28.5 Å². The molecule has 0 spiro atoms. The van der Waals surface area contributed by atoms with Crippen molar-refractivity contribution in [1.29, 1.82) is 0 Å². The second-order valence-corrected chi connectivity index (χ2v) is 4.57. The van der Waals surface area contributed by atoms with E-state index in [1.165, 1.54) is 0 Å². The Bertz CT molecular complexity index is 557. The lowest BCUT2D eigenvalue weighted by atomic mass is 10.2. The number of aromatic nitrogens is 1. The zero-order valence-electron chi connectivity index (χ0n) is 9.90. The van der Waals surface area contributed by atoms with Crippen LogP contribution in [0.3, 0.4) is 0 Å². The average molecular weight is 248 g/mol. The molecule has 0 aliphatic carbocycles. The number of nitrogens with zero attached hydrogens (tertiary/aromatic N) is 1. The van der Waals surface area contributed by atoms with Crippen molar-refractivity contribution in [3.05, 3.63) is 58.4 Å². The topological polar surface area (TPSA) is 22.0 Å². The molecule has 0 amide bonds. The van der Waals surface area contributed by atoms with Crippen LogP contribution in [0.5, 0.6) is 0 Å². The zero-order chi connectivity index (χ0) is 12.4. The first-order valence-corrected chi connectivity index (χ1v) is 5.87. The summed E-state index contributed by atoms with van der Waals surface area (Å²) in [5, 5.41) is 0.735. The van der Waals surface area contributed by atoms with Crippen molar-refractivity contribution in [1.82, 2.24) is 4.57 Å². The van der Waals surface area contributed by atoms with Crippen LogP contribution in [-0.4, -0.2) is 10.4 Å². The number of hydrogen-bond acceptors (Lipinski definition) is 1. The van der Waals surface area contributed by atoms with E-state index in [-0.39, 0.29) is 5.78 Å². The summed E-state index contributed by atoms with van der Waals surface area (Å²) < 4.78 is 2.06. The number of benzene rings is 1. The minimum Gasteiger partial charge on any atom is -0.347 e. The summed E-state index contributed by atoms with van der Waals surface area (Å²) in [5.74, 6) is 0.104. The quantitative estimate of drug-likeness (QED) is 0.758. The van der Waals surface area contributed by atoms with E-state index in [1.54, 1.807) is 6.92 Å². The third-order valence-corrected chi connectivity index (χ3v) is 3.10. The second kappa shape index (κ2) is 4.76. The van der Waals surface area contributed by atoms with Crippen molar-refractivity contribution < 1.29 is 4.79 Å². The number of halogens is 1. The number of carbonyl (C=O) groups is 1. The molecule has 0 saturated heterocycles. The third-order valence-electron chi connectivity index (χ3n) is 2.86. The highest BCUT2D eigenvalue weighted by Gasteiger charge is 2.08. The normalized spacial score (nSPS) is 10.5. The predicted octanol–water partition coefficient (Wildman–Crippen LogP) is 3.70. The molecule has 0 fully saturated rings. The number of rotatable bonds is 3. The van der Waals surface area contributed by atoms with E-state index in [1.807, 2.05) is 43.5 Å². The summed E-state index contributed by atoms with van der Waals surface area (Å²) in [6, 6.07) is 9.62. The first-order valence-electron chi connectivity index (χ1n) is 5.49. The molecular weight excluding hydrogens is 234 g/mol. The molecule has 2 rings (SSSR count). The molecule has 0 aliphatic heterocycles. The van der Waals surface area contributed by atoms with Gasteiger partial charge in [0, 0.05) is 29.0 Å². The monoisotopic (exact) mass is 247 g/mol. The molecule has 0 radical (unpaired) electrons. The van der Waals surface area contributed by atoms with Crippen molar-refractivity contribution in [2.75, 3.05) is 0 Å². The molecule has 1 aromatic carbocycles. The van der Waals surface area contributed by atoms with Crippen LogP contribution in [0.25, 0.3) is 0 Å². The lowest BCUT2D eigenvalue weighted by molar-refractivity contribution is 0.101. The maximum atomic E-state index is 11.4. The van der Waals surface area contributed by atoms with E-state index in [0.717, 1.165) is 28.4 Å². The summed E-state index contributed by atoms with van der Waals surface area (Å²) in [5.41, 5.74) is 2.91. The fourth-order valence-corrected chi connectivity index (χ4v) is 2.14. The average Bonchev–Trinajstić information content (AvgIpc) is 2.61. The Morgan fingerprint density at radius 2 is 2.12 bits per heavy atom. The van der Waals surface area contributed by atoms with Gasteiger partial charge in [-0.3, -0.25) is 4.79 Å². The Morgan fingerprint density at radius 1 is 1.35 bits per heavy atom. The van der Waals surface area contributed by atoms with Gasteiger partial charge in [-0.15, -0.1) is 0 Å². The van der Waals surface area contributed by atoms with E-state index < -0.39 is 0 Å². The van der Waals surface area contributed by atoms with Gasteiger partial charge < -0.3 is 4.57 Å². The van der Waals surface area contributed by atoms with Crippen LogP contribution in [-0.2, 0) is 6.54 Å². The minimum atomic E-state index is 0.104. The smallest absolute Gasteiger partial charge is 0.161 e. The summed E-state index contributed by atoms with van der Waals surface area (Å²) in [6.07, 6.45) is 1.94. The fourth-order valence-electron chi connectivity index (χ4n) is 1.93. The van der Waals surface area contributed by atoms with Gasteiger partial charge >= 0.3 is 0 Å². The number of ketones is 1. The van der Waals surface area contributed by atoms with Gasteiger partial charge in [-0.1, -0.05) is 23.7 Å². The van der Waals surface area contributed by atoms with Crippen LogP contribution in [0.15, 0.2) is 36.5 Å². The Labute approximate surface area is 106 Å². The van der Waals surface area contributed by atoms with Crippen molar-refractivity contribution in [3.8, 4) is 0 Å².